The van der Waals surface area contributed by atoms with Gasteiger partial charge in [0, 0.05) is 57.3 Å². The number of esters is 4. The first kappa shape index (κ1) is 30.4. The minimum atomic E-state index is -1.79. The molecule has 0 aromatic rings. The van der Waals surface area contributed by atoms with Crippen LogP contribution in [0.5, 0.6) is 0 Å². The minimum absolute atomic E-state index is 0.00741. The Hall–Kier alpha value is -2.54. The molecule has 1 spiro atoms. The van der Waals surface area contributed by atoms with Gasteiger partial charge in [0.1, 0.15) is 30.0 Å². The van der Waals surface area contributed by atoms with Gasteiger partial charge in [0.2, 0.25) is 0 Å². The molecule has 10 atom stereocenters. The van der Waals surface area contributed by atoms with E-state index in [0.29, 0.717) is 5.57 Å². The molecule has 12 nitrogen and oxygen atoms in total. The molecular weight excluding hydrogens is 528 g/mol. The fourth-order valence-electron chi connectivity index (χ4n) is 7.95. The summed E-state index contributed by atoms with van der Waals surface area (Å²) in [5.74, 6) is -4.02. The zero-order valence-corrected chi connectivity index (χ0v) is 24.2. The van der Waals surface area contributed by atoms with Crippen molar-refractivity contribution < 1.29 is 58.2 Å². The Bertz CT molecular complexity index is 1140. The third-order valence-electron chi connectivity index (χ3n) is 9.71. The third-order valence-corrected chi connectivity index (χ3v) is 9.71. The first-order valence-corrected chi connectivity index (χ1v) is 13.5. The average Bonchev–Trinajstić information content (AvgIpc) is 3.58. The van der Waals surface area contributed by atoms with Gasteiger partial charge >= 0.3 is 23.9 Å². The van der Waals surface area contributed by atoms with Crippen LogP contribution in [0.15, 0.2) is 11.1 Å². The zero-order valence-electron chi connectivity index (χ0n) is 24.2. The van der Waals surface area contributed by atoms with Gasteiger partial charge in [-0.15, -0.1) is 0 Å². The van der Waals surface area contributed by atoms with Crippen LogP contribution in [0, 0.1) is 16.7 Å². The molecule has 3 N–H and O–H groups in total. The lowest BCUT2D eigenvalue weighted by atomic mass is 9.45. The van der Waals surface area contributed by atoms with Gasteiger partial charge in [0.25, 0.3) is 0 Å². The number of aliphatic hydroxyl groups excluding tert-OH is 3. The van der Waals surface area contributed by atoms with Crippen molar-refractivity contribution in [3.05, 3.63) is 11.1 Å². The molecule has 0 radical (unpaired) electrons. The van der Waals surface area contributed by atoms with Crippen molar-refractivity contribution in [3.8, 4) is 0 Å². The highest BCUT2D eigenvalue weighted by molar-refractivity contribution is 5.70. The van der Waals surface area contributed by atoms with Crippen molar-refractivity contribution in [2.45, 2.75) is 116 Å². The molecule has 224 valence electrons. The predicted octanol–water partition coefficient (Wildman–Crippen LogP) is 0.721. The Kier molecular flexibility index (Phi) is 7.44. The normalized spacial score (nSPS) is 43.5. The van der Waals surface area contributed by atoms with Crippen molar-refractivity contribution in [2.75, 3.05) is 6.61 Å². The summed E-state index contributed by atoms with van der Waals surface area (Å²) in [6.07, 6.45) is -8.38. The molecule has 0 aromatic heterocycles. The molecule has 2 saturated carbocycles. The van der Waals surface area contributed by atoms with E-state index in [2.05, 4.69) is 0 Å². The Morgan fingerprint density at radius 3 is 1.82 bits per heavy atom. The van der Waals surface area contributed by atoms with Gasteiger partial charge in [-0.1, -0.05) is 20.8 Å². The van der Waals surface area contributed by atoms with Crippen LogP contribution < -0.4 is 0 Å². The predicted molar refractivity (Wildman–Crippen MR) is 135 cm³/mol. The molecule has 40 heavy (non-hydrogen) atoms. The van der Waals surface area contributed by atoms with E-state index in [0.717, 1.165) is 0 Å². The van der Waals surface area contributed by atoms with E-state index in [1.807, 2.05) is 0 Å². The molecule has 1 heterocycles. The topological polar surface area (TPSA) is 178 Å². The SMILES string of the molecule is CC(=O)OC1CC2(OC(C)=O)C(OC(C)=O)C3C4(CO4)C(O)CC(O)C3(C)C(OC(C)=O)C(O)C(=C1C)C2(C)C. The highest BCUT2D eigenvalue weighted by atomic mass is 16.6. The second-order valence-corrected chi connectivity index (χ2v) is 12.4. The number of aliphatic hydroxyl groups is 3. The molecule has 2 bridgehead atoms. The summed E-state index contributed by atoms with van der Waals surface area (Å²) in [4.78, 5) is 50.3. The maximum atomic E-state index is 12.8. The number of ether oxygens (including phenoxy) is 5. The van der Waals surface area contributed by atoms with Crippen LogP contribution in [0.25, 0.3) is 0 Å². The molecule has 4 rings (SSSR count). The standard InChI is InChI=1S/C28H40O12/c1-12-17(37-13(2)29)10-28(40-16(5)32)24(39-15(4)31)22-26(8,18(33)9-19(34)27(22)11-36-27)23(38-14(3)30)21(35)20(12)25(28,6)7/h17-19,21-24,33-35H,9-11H2,1-8H3. The zero-order chi connectivity index (χ0) is 30.2. The van der Waals surface area contributed by atoms with E-state index in [-0.39, 0.29) is 25.0 Å². The Labute approximate surface area is 232 Å². The summed E-state index contributed by atoms with van der Waals surface area (Å²) in [5.41, 5.74) is -5.38. The fraction of sp³-hybridized carbons (Fsp3) is 0.786. The van der Waals surface area contributed by atoms with Crippen LogP contribution >= 0.6 is 0 Å². The smallest absolute Gasteiger partial charge is 0.303 e. The van der Waals surface area contributed by atoms with Crippen LogP contribution in [0.1, 0.15) is 68.2 Å². The van der Waals surface area contributed by atoms with Crippen LogP contribution in [0.4, 0.5) is 0 Å². The number of hydrogen-bond acceptors (Lipinski definition) is 12. The quantitative estimate of drug-likeness (QED) is 0.188. The number of hydrogen-bond donors (Lipinski definition) is 3. The third kappa shape index (κ3) is 4.26. The lowest BCUT2D eigenvalue weighted by Gasteiger charge is -2.64. The maximum Gasteiger partial charge on any atom is 0.303 e. The Morgan fingerprint density at radius 2 is 1.35 bits per heavy atom. The van der Waals surface area contributed by atoms with E-state index in [4.69, 9.17) is 23.7 Å². The lowest BCUT2D eigenvalue weighted by Crippen LogP contribution is -2.76. The van der Waals surface area contributed by atoms with E-state index in [1.54, 1.807) is 27.7 Å². The van der Waals surface area contributed by atoms with Crippen molar-refractivity contribution in [2.24, 2.45) is 16.7 Å². The molecule has 3 aliphatic carbocycles. The number of carbonyl (C=O) groups excluding carboxylic acids is 4. The second kappa shape index (κ2) is 9.78. The molecule has 10 unspecified atom stereocenters. The summed E-state index contributed by atoms with van der Waals surface area (Å²) < 4.78 is 29.5. The first-order chi connectivity index (χ1) is 18.4. The summed E-state index contributed by atoms with van der Waals surface area (Å²) in [6, 6.07) is 0. The fourth-order valence-corrected chi connectivity index (χ4v) is 7.95. The van der Waals surface area contributed by atoms with E-state index < -0.39 is 88.5 Å². The van der Waals surface area contributed by atoms with Crippen molar-refractivity contribution >= 4 is 23.9 Å². The lowest BCUT2D eigenvalue weighted by molar-refractivity contribution is -0.284. The first-order valence-electron chi connectivity index (χ1n) is 13.5. The molecular formula is C28H40O12. The van der Waals surface area contributed by atoms with Crippen molar-refractivity contribution in [1.82, 2.24) is 0 Å². The Balaban J connectivity index is 2.16. The number of epoxide rings is 1. The molecule has 3 fully saturated rings. The minimum Gasteiger partial charge on any atom is -0.459 e. The van der Waals surface area contributed by atoms with Crippen LogP contribution in [-0.4, -0.2) is 93.6 Å². The largest absolute Gasteiger partial charge is 0.459 e. The van der Waals surface area contributed by atoms with Gasteiger partial charge in [-0.05, 0) is 18.1 Å². The van der Waals surface area contributed by atoms with Crippen LogP contribution in [0.3, 0.4) is 0 Å². The van der Waals surface area contributed by atoms with Crippen LogP contribution in [-0.2, 0) is 42.9 Å². The molecule has 12 heteroatoms. The molecule has 1 aliphatic heterocycles. The van der Waals surface area contributed by atoms with E-state index >= 15 is 0 Å². The van der Waals surface area contributed by atoms with E-state index in [1.165, 1.54) is 27.7 Å². The summed E-state index contributed by atoms with van der Waals surface area (Å²) >= 11 is 0. The van der Waals surface area contributed by atoms with Gasteiger partial charge in [-0.2, -0.15) is 0 Å². The van der Waals surface area contributed by atoms with Gasteiger partial charge in [-0.3, -0.25) is 19.2 Å². The molecule has 1 saturated heterocycles. The summed E-state index contributed by atoms with van der Waals surface area (Å²) in [6.45, 7) is 11.4. The van der Waals surface area contributed by atoms with Crippen molar-refractivity contribution in [3.63, 3.8) is 0 Å². The number of rotatable bonds is 4. The van der Waals surface area contributed by atoms with Gasteiger partial charge in [0.15, 0.2) is 5.60 Å². The van der Waals surface area contributed by atoms with Gasteiger partial charge < -0.3 is 39.0 Å². The van der Waals surface area contributed by atoms with Crippen LogP contribution in [0.2, 0.25) is 0 Å². The molecule has 0 amide bonds. The van der Waals surface area contributed by atoms with E-state index in [9.17, 15) is 34.5 Å². The highest BCUT2D eigenvalue weighted by Crippen LogP contribution is 2.66. The van der Waals surface area contributed by atoms with Gasteiger partial charge in [-0.25, -0.2) is 0 Å². The summed E-state index contributed by atoms with van der Waals surface area (Å²) in [7, 11) is 0. The second-order valence-electron chi connectivity index (χ2n) is 12.4. The average molecular weight is 569 g/mol. The van der Waals surface area contributed by atoms with Gasteiger partial charge in [0.05, 0.1) is 18.8 Å². The number of fused-ring (bicyclic) bond motifs is 4. The molecule has 0 aromatic carbocycles. The summed E-state index contributed by atoms with van der Waals surface area (Å²) in [5, 5.41) is 35.0. The number of carbonyl (C=O) groups is 4. The van der Waals surface area contributed by atoms with Crippen molar-refractivity contribution in [1.29, 1.82) is 0 Å². The highest BCUT2D eigenvalue weighted by Gasteiger charge is 2.79. The molecule has 4 aliphatic rings. The monoisotopic (exact) mass is 568 g/mol. The Morgan fingerprint density at radius 1 is 0.825 bits per heavy atom. The maximum absolute atomic E-state index is 12.8.